The molecular weight excluding hydrogens is 238 g/mol. The number of nitrogens with one attached hydrogen (secondary N) is 1. The standard InChI is InChI=1S/C15H19N3O/c1-18-8-6-12(17-18)10-15-14-4-3-13(19-2)9-11(14)5-7-16-15/h3-4,6,8-9,15-16H,5,7,10H2,1-2H3. The molecule has 0 amide bonds. The Morgan fingerprint density at radius 1 is 1.42 bits per heavy atom. The zero-order chi connectivity index (χ0) is 13.2. The van der Waals surface area contributed by atoms with Crippen molar-refractivity contribution in [3.8, 4) is 5.75 Å². The topological polar surface area (TPSA) is 39.1 Å². The van der Waals surface area contributed by atoms with E-state index in [0.29, 0.717) is 6.04 Å². The number of fused-ring (bicyclic) bond motifs is 1. The lowest BCUT2D eigenvalue weighted by atomic mass is 9.91. The second-order valence-corrected chi connectivity index (χ2v) is 5.01. The molecule has 1 aliphatic heterocycles. The van der Waals surface area contributed by atoms with E-state index in [1.807, 2.05) is 24.0 Å². The summed E-state index contributed by atoms with van der Waals surface area (Å²) in [5.74, 6) is 0.942. The Hall–Kier alpha value is -1.81. The van der Waals surface area contributed by atoms with Gasteiger partial charge in [-0.05, 0) is 42.3 Å². The predicted octanol–water partition coefficient (Wildman–Crippen LogP) is 1.86. The van der Waals surface area contributed by atoms with Crippen LogP contribution in [0.4, 0.5) is 0 Å². The largest absolute Gasteiger partial charge is 0.497 e. The van der Waals surface area contributed by atoms with E-state index in [0.717, 1.165) is 30.8 Å². The molecule has 0 saturated heterocycles. The first-order chi connectivity index (χ1) is 9.26. The van der Waals surface area contributed by atoms with Crippen LogP contribution < -0.4 is 10.1 Å². The summed E-state index contributed by atoms with van der Waals surface area (Å²) >= 11 is 0. The Balaban J connectivity index is 1.85. The Bertz CT molecular complexity index is 577. The van der Waals surface area contributed by atoms with E-state index < -0.39 is 0 Å². The minimum atomic E-state index is 0.351. The maximum absolute atomic E-state index is 5.30. The van der Waals surface area contributed by atoms with Crippen molar-refractivity contribution in [1.82, 2.24) is 15.1 Å². The lowest BCUT2D eigenvalue weighted by Gasteiger charge is -2.26. The Kier molecular flexibility index (Phi) is 3.25. The van der Waals surface area contributed by atoms with Gasteiger partial charge < -0.3 is 10.1 Å². The highest BCUT2D eigenvalue weighted by Gasteiger charge is 2.21. The second kappa shape index (κ2) is 5.05. The minimum absolute atomic E-state index is 0.351. The van der Waals surface area contributed by atoms with E-state index in [-0.39, 0.29) is 0 Å². The number of aromatic nitrogens is 2. The predicted molar refractivity (Wildman–Crippen MR) is 74.4 cm³/mol. The second-order valence-electron chi connectivity index (χ2n) is 5.01. The first-order valence-corrected chi connectivity index (χ1v) is 6.65. The Labute approximate surface area is 113 Å². The molecule has 0 radical (unpaired) electrons. The summed E-state index contributed by atoms with van der Waals surface area (Å²) in [5.41, 5.74) is 3.89. The van der Waals surface area contributed by atoms with E-state index in [1.165, 1.54) is 11.1 Å². The third-order valence-electron chi connectivity index (χ3n) is 3.69. The van der Waals surface area contributed by atoms with Crippen LogP contribution in [0.1, 0.15) is 22.9 Å². The highest BCUT2D eigenvalue weighted by Crippen LogP contribution is 2.28. The summed E-state index contributed by atoms with van der Waals surface area (Å²) in [4.78, 5) is 0. The molecule has 2 aromatic rings. The molecule has 1 aromatic carbocycles. The number of nitrogens with zero attached hydrogens (tertiary/aromatic N) is 2. The van der Waals surface area contributed by atoms with Crippen molar-refractivity contribution in [2.24, 2.45) is 7.05 Å². The van der Waals surface area contributed by atoms with Gasteiger partial charge in [0, 0.05) is 25.7 Å². The monoisotopic (exact) mass is 257 g/mol. The number of rotatable bonds is 3. The van der Waals surface area contributed by atoms with E-state index in [4.69, 9.17) is 4.74 Å². The van der Waals surface area contributed by atoms with Crippen molar-refractivity contribution in [2.45, 2.75) is 18.9 Å². The fourth-order valence-electron chi connectivity index (χ4n) is 2.72. The Morgan fingerprint density at radius 3 is 3.05 bits per heavy atom. The van der Waals surface area contributed by atoms with Crippen LogP contribution in [-0.2, 0) is 19.9 Å². The first-order valence-electron chi connectivity index (χ1n) is 6.65. The number of aryl methyl sites for hydroxylation is 1. The van der Waals surface area contributed by atoms with Gasteiger partial charge in [0.1, 0.15) is 5.75 Å². The third kappa shape index (κ3) is 2.49. The lowest BCUT2D eigenvalue weighted by Crippen LogP contribution is -2.31. The van der Waals surface area contributed by atoms with Crippen molar-refractivity contribution in [3.63, 3.8) is 0 Å². The smallest absolute Gasteiger partial charge is 0.119 e. The summed E-state index contributed by atoms with van der Waals surface area (Å²) < 4.78 is 7.16. The number of ether oxygens (including phenoxy) is 1. The molecule has 0 fully saturated rings. The zero-order valence-electron chi connectivity index (χ0n) is 11.4. The maximum atomic E-state index is 5.30. The fourth-order valence-corrected chi connectivity index (χ4v) is 2.72. The molecule has 19 heavy (non-hydrogen) atoms. The van der Waals surface area contributed by atoms with Gasteiger partial charge in [-0.3, -0.25) is 4.68 Å². The van der Waals surface area contributed by atoms with Crippen molar-refractivity contribution >= 4 is 0 Å². The van der Waals surface area contributed by atoms with Gasteiger partial charge in [0.05, 0.1) is 12.8 Å². The van der Waals surface area contributed by atoms with Crippen LogP contribution in [0, 0.1) is 0 Å². The van der Waals surface area contributed by atoms with Crippen LogP contribution in [0.5, 0.6) is 5.75 Å². The number of hydrogen-bond donors (Lipinski definition) is 1. The van der Waals surface area contributed by atoms with Gasteiger partial charge in [0.15, 0.2) is 0 Å². The van der Waals surface area contributed by atoms with Crippen LogP contribution >= 0.6 is 0 Å². The normalized spacial score (nSPS) is 18.1. The van der Waals surface area contributed by atoms with E-state index in [1.54, 1.807) is 7.11 Å². The van der Waals surface area contributed by atoms with E-state index >= 15 is 0 Å². The molecule has 4 heteroatoms. The summed E-state index contributed by atoms with van der Waals surface area (Å²) in [6.45, 7) is 1.01. The number of benzene rings is 1. The molecule has 100 valence electrons. The third-order valence-corrected chi connectivity index (χ3v) is 3.69. The fraction of sp³-hybridized carbons (Fsp3) is 0.400. The summed E-state index contributed by atoms with van der Waals surface area (Å²) in [6.07, 6.45) is 3.98. The quantitative estimate of drug-likeness (QED) is 0.912. The number of methoxy groups -OCH3 is 1. The zero-order valence-corrected chi connectivity index (χ0v) is 11.4. The molecular formula is C15H19N3O. The van der Waals surface area contributed by atoms with Crippen molar-refractivity contribution < 1.29 is 4.74 Å². The van der Waals surface area contributed by atoms with Gasteiger partial charge in [0.2, 0.25) is 0 Å². The Morgan fingerprint density at radius 2 is 2.32 bits per heavy atom. The average molecular weight is 257 g/mol. The average Bonchev–Trinajstić information content (AvgIpc) is 2.84. The lowest BCUT2D eigenvalue weighted by molar-refractivity contribution is 0.412. The molecule has 2 heterocycles. The molecule has 1 unspecified atom stereocenters. The molecule has 1 atom stereocenters. The molecule has 1 aromatic heterocycles. The van der Waals surface area contributed by atoms with Crippen LogP contribution in [-0.4, -0.2) is 23.4 Å². The number of hydrogen-bond acceptors (Lipinski definition) is 3. The maximum Gasteiger partial charge on any atom is 0.119 e. The van der Waals surface area contributed by atoms with Crippen molar-refractivity contribution in [1.29, 1.82) is 0 Å². The minimum Gasteiger partial charge on any atom is -0.497 e. The highest BCUT2D eigenvalue weighted by molar-refractivity contribution is 5.39. The van der Waals surface area contributed by atoms with Gasteiger partial charge in [-0.15, -0.1) is 0 Å². The molecule has 1 aliphatic rings. The molecule has 0 aliphatic carbocycles. The molecule has 0 bridgehead atoms. The summed E-state index contributed by atoms with van der Waals surface area (Å²) in [6, 6.07) is 8.80. The van der Waals surface area contributed by atoms with E-state index in [9.17, 15) is 0 Å². The van der Waals surface area contributed by atoms with Crippen molar-refractivity contribution in [3.05, 3.63) is 47.3 Å². The van der Waals surface area contributed by atoms with Gasteiger partial charge in [-0.1, -0.05) is 6.07 Å². The van der Waals surface area contributed by atoms with Gasteiger partial charge in [-0.2, -0.15) is 5.10 Å². The van der Waals surface area contributed by atoms with Crippen LogP contribution in [0.2, 0.25) is 0 Å². The summed E-state index contributed by atoms with van der Waals surface area (Å²) in [5, 5.41) is 8.04. The van der Waals surface area contributed by atoms with Gasteiger partial charge in [0.25, 0.3) is 0 Å². The van der Waals surface area contributed by atoms with Crippen LogP contribution in [0.3, 0.4) is 0 Å². The first kappa shape index (κ1) is 12.2. The molecule has 3 rings (SSSR count). The molecule has 0 spiro atoms. The van der Waals surface area contributed by atoms with Gasteiger partial charge >= 0.3 is 0 Å². The van der Waals surface area contributed by atoms with Crippen LogP contribution in [0.15, 0.2) is 30.5 Å². The molecule has 4 nitrogen and oxygen atoms in total. The van der Waals surface area contributed by atoms with Gasteiger partial charge in [-0.25, -0.2) is 0 Å². The molecule has 0 saturated carbocycles. The SMILES string of the molecule is COc1ccc2c(c1)CCNC2Cc1ccn(C)n1. The summed E-state index contributed by atoms with van der Waals surface area (Å²) in [7, 11) is 3.67. The van der Waals surface area contributed by atoms with Crippen LogP contribution in [0.25, 0.3) is 0 Å². The van der Waals surface area contributed by atoms with E-state index in [2.05, 4.69) is 28.6 Å². The van der Waals surface area contributed by atoms with Crippen molar-refractivity contribution in [2.75, 3.05) is 13.7 Å². The molecule has 1 N–H and O–H groups in total. The highest BCUT2D eigenvalue weighted by atomic mass is 16.5.